The first-order valence-electron chi connectivity index (χ1n) is 8.97. The number of nitrogens with zero attached hydrogens (tertiary/aromatic N) is 1. The van der Waals surface area contributed by atoms with E-state index in [1.807, 2.05) is 0 Å². The number of piperidine rings is 1. The van der Waals surface area contributed by atoms with Crippen molar-refractivity contribution in [2.45, 2.75) is 50.3 Å². The molecule has 1 aromatic carbocycles. The van der Waals surface area contributed by atoms with Gasteiger partial charge in [-0.1, -0.05) is 36.6 Å². The number of nitrogens with one attached hydrogen (secondary N) is 1. The van der Waals surface area contributed by atoms with Crippen LogP contribution in [0, 0.1) is 5.92 Å². The Labute approximate surface area is 154 Å². The average Bonchev–Trinajstić information content (AvgIpc) is 3.10. The van der Waals surface area contributed by atoms with Gasteiger partial charge in [0.15, 0.2) is 0 Å². The van der Waals surface area contributed by atoms with E-state index < -0.39 is 10.0 Å². The Bertz CT molecular complexity index is 692. The topological polar surface area (TPSA) is 66.5 Å². The number of benzene rings is 1. The van der Waals surface area contributed by atoms with Crippen molar-refractivity contribution in [3.05, 3.63) is 34.9 Å². The number of halogens is 1. The van der Waals surface area contributed by atoms with E-state index in [1.165, 1.54) is 17.1 Å². The van der Waals surface area contributed by atoms with E-state index in [2.05, 4.69) is 5.32 Å². The number of carbonyl (C=O) groups excluding carboxylic acids is 1. The van der Waals surface area contributed by atoms with Crippen molar-refractivity contribution in [1.82, 2.24) is 9.62 Å². The summed E-state index contributed by atoms with van der Waals surface area (Å²) in [5, 5.41) is 3.72. The van der Waals surface area contributed by atoms with E-state index in [1.54, 1.807) is 24.3 Å². The van der Waals surface area contributed by atoms with E-state index in [9.17, 15) is 13.2 Å². The molecule has 1 aromatic rings. The average molecular weight is 385 g/mol. The maximum Gasteiger partial charge on any atom is 0.223 e. The van der Waals surface area contributed by atoms with Gasteiger partial charge in [0.2, 0.25) is 15.9 Å². The van der Waals surface area contributed by atoms with Crippen molar-refractivity contribution in [3.8, 4) is 0 Å². The predicted octanol–water partition coefficient (Wildman–Crippen LogP) is 2.94. The second-order valence-electron chi connectivity index (χ2n) is 7.05. The quantitative estimate of drug-likeness (QED) is 0.848. The summed E-state index contributed by atoms with van der Waals surface area (Å²) in [7, 11) is -3.36. The SMILES string of the molecule is O=C(NC1CCCC1)C1CCN(S(=O)(=O)Cc2ccc(Cl)cc2)CC1. The number of amides is 1. The Balaban J connectivity index is 1.52. The van der Waals surface area contributed by atoms with Crippen LogP contribution in [0.3, 0.4) is 0 Å². The lowest BCUT2D eigenvalue weighted by Gasteiger charge is -2.31. The summed E-state index contributed by atoms with van der Waals surface area (Å²) >= 11 is 5.84. The van der Waals surface area contributed by atoms with Crippen molar-refractivity contribution in [2.75, 3.05) is 13.1 Å². The van der Waals surface area contributed by atoms with Gasteiger partial charge in [-0.25, -0.2) is 12.7 Å². The molecule has 1 saturated heterocycles. The Kier molecular flexibility index (Phi) is 6.02. The fourth-order valence-corrected chi connectivity index (χ4v) is 5.36. The lowest BCUT2D eigenvalue weighted by molar-refractivity contribution is -0.126. The minimum Gasteiger partial charge on any atom is -0.353 e. The molecular weight excluding hydrogens is 360 g/mol. The van der Waals surface area contributed by atoms with E-state index in [4.69, 9.17) is 11.6 Å². The molecule has 0 spiro atoms. The molecule has 5 nitrogen and oxygen atoms in total. The van der Waals surface area contributed by atoms with E-state index in [0.29, 0.717) is 37.0 Å². The number of hydrogen-bond donors (Lipinski definition) is 1. The summed E-state index contributed by atoms with van der Waals surface area (Å²) < 4.78 is 26.7. The lowest BCUT2D eigenvalue weighted by Crippen LogP contribution is -2.45. The van der Waals surface area contributed by atoms with E-state index in [-0.39, 0.29) is 17.6 Å². The lowest BCUT2D eigenvalue weighted by atomic mass is 9.97. The Hall–Kier alpha value is -1.11. The zero-order valence-corrected chi connectivity index (χ0v) is 15.9. The van der Waals surface area contributed by atoms with Gasteiger partial charge < -0.3 is 5.32 Å². The highest BCUT2D eigenvalue weighted by Gasteiger charge is 2.32. The molecular formula is C18H25ClN2O3S. The third-order valence-corrected chi connectivity index (χ3v) is 7.28. The summed E-state index contributed by atoms with van der Waals surface area (Å²) in [6, 6.07) is 7.20. The number of rotatable bonds is 5. The second kappa shape index (κ2) is 8.06. The second-order valence-corrected chi connectivity index (χ2v) is 9.45. The van der Waals surface area contributed by atoms with Gasteiger partial charge in [-0.3, -0.25) is 4.79 Å². The molecule has 0 bridgehead atoms. The molecule has 1 amide bonds. The van der Waals surface area contributed by atoms with Crippen molar-refractivity contribution < 1.29 is 13.2 Å². The summed E-state index contributed by atoms with van der Waals surface area (Å²) in [5.74, 6) is 0.00700. The number of carbonyl (C=O) groups is 1. The first kappa shape index (κ1) is 18.7. The highest BCUT2D eigenvalue weighted by molar-refractivity contribution is 7.88. The van der Waals surface area contributed by atoms with Gasteiger partial charge >= 0.3 is 0 Å². The molecule has 138 valence electrons. The first-order valence-corrected chi connectivity index (χ1v) is 11.0. The summed E-state index contributed by atoms with van der Waals surface area (Å²) in [4.78, 5) is 12.3. The van der Waals surface area contributed by atoms with Crippen LogP contribution in [0.15, 0.2) is 24.3 Å². The fraction of sp³-hybridized carbons (Fsp3) is 0.611. The normalized spacial score (nSPS) is 20.7. The van der Waals surface area contributed by atoms with Crippen LogP contribution in [-0.2, 0) is 20.6 Å². The van der Waals surface area contributed by atoms with E-state index in [0.717, 1.165) is 18.4 Å². The maximum atomic E-state index is 12.6. The summed E-state index contributed by atoms with van der Waals surface area (Å²) in [5.41, 5.74) is 0.727. The molecule has 25 heavy (non-hydrogen) atoms. The zero-order valence-electron chi connectivity index (χ0n) is 14.3. The van der Waals surface area contributed by atoms with Crippen molar-refractivity contribution >= 4 is 27.5 Å². The van der Waals surface area contributed by atoms with Crippen LogP contribution >= 0.6 is 11.6 Å². The smallest absolute Gasteiger partial charge is 0.223 e. The van der Waals surface area contributed by atoms with Gasteiger partial charge in [0, 0.05) is 30.1 Å². The molecule has 2 fully saturated rings. The molecule has 0 aromatic heterocycles. The molecule has 0 atom stereocenters. The molecule has 3 rings (SSSR count). The minimum atomic E-state index is -3.36. The van der Waals surface area contributed by atoms with Crippen molar-refractivity contribution in [2.24, 2.45) is 5.92 Å². The van der Waals surface area contributed by atoms with Gasteiger partial charge in [-0.15, -0.1) is 0 Å². The van der Waals surface area contributed by atoms with Crippen molar-refractivity contribution in [3.63, 3.8) is 0 Å². The Morgan fingerprint density at radius 2 is 1.68 bits per heavy atom. The number of sulfonamides is 1. The van der Waals surface area contributed by atoms with Crippen LogP contribution in [0.25, 0.3) is 0 Å². The third-order valence-electron chi connectivity index (χ3n) is 5.18. The Morgan fingerprint density at radius 3 is 2.28 bits per heavy atom. The minimum absolute atomic E-state index is 0.0247. The number of hydrogen-bond acceptors (Lipinski definition) is 3. The van der Waals surface area contributed by atoms with Crippen LogP contribution in [0.5, 0.6) is 0 Å². The molecule has 1 aliphatic heterocycles. The van der Waals surface area contributed by atoms with Gasteiger partial charge in [0.05, 0.1) is 5.75 Å². The molecule has 2 aliphatic rings. The van der Waals surface area contributed by atoms with Crippen LogP contribution in [-0.4, -0.2) is 37.8 Å². The molecule has 0 unspecified atom stereocenters. The largest absolute Gasteiger partial charge is 0.353 e. The predicted molar refractivity (Wildman–Crippen MR) is 98.8 cm³/mol. The van der Waals surface area contributed by atoms with Crippen molar-refractivity contribution in [1.29, 1.82) is 0 Å². The maximum absolute atomic E-state index is 12.6. The van der Waals surface area contributed by atoms with Crippen LogP contribution < -0.4 is 5.32 Å². The van der Waals surface area contributed by atoms with Gasteiger partial charge in [-0.05, 0) is 43.4 Å². The molecule has 1 aliphatic carbocycles. The third kappa shape index (κ3) is 4.96. The molecule has 1 N–H and O–H groups in total. The first-order chi connectivity index (χ1) is 11.9. The fourth-order valence-electron chi connectivity index (χ4n) is 3.67. The molecule has 7 heteroatoms. The monoisotopic (exact) mass is 384 g/mol. The molecule has 0 radical (unpaired) electrons. The zero-order chi connectivity index (χ0) is 17.9. The highest BCUT2D eigenvalue weighted by Crippen LogP contribution is 2.24. The van der Waals surface area contributed by atoms with Crippen LogP contribution in [0.2, 0.25) is 5.02 Å². The van der Waals surface area contributed by atoms with Crippen LogP contribution in [0.1, 0.15) is 44.1 Å². The summed E-state index contributed by atoms with van der Waals surface area (Å²) in [6.45, 7) is 0.831. The van der Waals surface area contributed by atoms with Crippen LogP contribution in [0.4, 0.5) is 0 Å². The van der Waals surface area contributed by atoms with Gasteiger partial charge in [0.1, 0.15) is 0 Å². The molecule has 1 heterocycles. The Morgan fingerprint density at radius 1 is 1.08 bits per heavy atom. The van der Waals surface area contributed by atoms with Gasteiger partial charge in [-0.2, -0.15) is 0 Å². The highest BCUT2D eigenvalue weighted by atomic mass is 35.5. The standard InChI is InChI=1S/C18H25ClN2O3S/c19-16-7-5-14(6-8-16)13-25(23,24)21-11-9-15(10-12-21)18(22)20-17-3-1-2-4-17/h5-8,15,17H,1-4,9-13H2,(H,20,22). The summed E-state index contributed by atoms with van der Waals surface area (Å²) in [6.07, 6.45) is 5.70. The van der Waals surface area contributed by atoms with E-state index >= 15 is 0 Å². The van der Waals surface area contributed by atoms with Gasteiger partial charge in [0.25, 0.3) is 0 Å². The molecule has 1 saturated carbocycles.